The molecule has 0 saturated heterocycles. The van der Waals surface area contributed by atoms with E-state index < -0.39 is 0 Å². The first-order chi connectivity index (χ1) is 13.5. The summed E-state index contributed by atoms with van der Waals surface area (Å²) in [5.74, 6) is 1.21. The standard InChI is InChI=1S/C23H23BrN2O2/c1-15-21(22(28-25-15)17-8-10-18(24)11-9-17)19-14-20(19)23(27)26(2)13-12-16-6-4-3-5-7-16/h3-11,19-20H,12-14H2,1-2H3/t19?,20-/m1/s1. The smallest absolute Gasteiger partial charge is 0.226 e. The van der Waals surface area contributed by atoms with E-state index in [1.54, 1.807) is 0 Å². The molecule has 28 heavy (non-hydrogen) atoms. The number of aryl methyl sites for hydroxylation is 1. The van der Waals surface area contributed by atoms with Gasteiger partial charge in [0.05, 0.1) is 5.69 Å². The summed E-state index contributed by atoms with van der Waals surface area (Å²) < 4.78 is 6.65. The Morgan fingerprint density at radius 3 is 2.61 bits per heavy atom. The van der Waals surface area contributed by atoms with E-state index in [-0.39, 0.29) is 17.7 Å². The van der Waals surface area contributed by atoms with E-state index in [0.717, 1.165) is 46.4 Å². The van der Waals surface area contributed by atoms with Gasteiger partial charge in [0, 0.05) is 41.0 Å². The van der Waals surface area contributed by atoms with Crippen LogP contribution in [0, 0.1) is 12.8 Å². The molecule has 1 heterocycles. The summed E-state index contributed by atoms with van der Waals surface area (Å²) in [6.07, 6.45) is 1.73. The van der Waals surface area contributed by atoms with Gasteiger partial charge in [-0.15, -0.1) is 0 Å². The topological polar surface area (TPSA) is 46.3 Å². The second kappa shape index (κ2) is 7.92. The molecule has 2 atom stereocenters. The first kappa shape index (κ1) is 18.9. The summed E-state index contributed by atoms with van der Waals surface area (Å²) in [6, 6.07) is 18.3. The van der Waals surface area contributed by atoms with Crippen LogP contribution < -0.4 is 0 Å². The van der Waals surface area contributed by atoms with Crippen molar-refractivity contribution in [3.05, 3.63) is 75.9 Å². The zero-order valence-electron chi connectivity index (χ0n) is 16.1. The fourth-order valence-corrected chi connectivity index (χ4v) is 4.01. The van der Waals surface area contributed by atoms with Crippen molar-refractivity contribution in [3.63, 3.8) is 0 Å². The highest BCUT2D eigenvalue weighted by molar-refractivity contribution is 9.10. The molecule has 1 amide bonds. The summed E-state index contributed by atoms with van der Waals surface area (Å²) in [6.45, 7) is 2.69. The van der Waals surface area contributed by atoms with E-state index in [1.165, 1.54) is 5.56 Å². The van der Waals surface area contributed by atoms with Gasteiger partial charge in [-0.3, -0.25) is 4.79 Å². The van der Waals surface area contributed by atoms with E-state index in [1.807, 2.05) is 61.3 Å². The van der Waals surface area contributed by atoms with Gasteiger partial charge in [-0.05, 0) is 37.5 Å². The van der Waals surface area contributed by atoms with Crippen molar-refractivity contribution in [1.82, 2.24) is 10.1 Å². The highest BCUT2D eigenvalue weighted by atomic mass is 79.9. The van der Waals surface area contributed by atoms with Crippen molar-refractivity contribution in [3.8, 4) is 11.3 Å². The summed E-state index contributed by atoms with van der Waals surface area (Å²) in [7, 11) is 1.90. The number of rotatable bonds is 6. The molecule has 2 aromatic carbocycles. The summed E-state index contributed by atoms with van der Waals surface area (Å²) >= 11 is 3.46. The van der Waals surface area contributed by atoms with E-state index in [2.05, 4.69) is 33.2 Å². The molecule has 1 aromatic heterocycles. The van der Waals surface area contributed by atoms with Crippen molar-refractivity contribution in [2.45, 2.75) is 25.7 Å². The molecule has 5 heteroatoms. The van der Waals surface area contributed by atoms with Crippen LogP contribution in [0.2, 0.25) is 0 Å². The van der Waals surface area contributed by atoms with Crippen molar-refractivity contribution >= 4 is 21.8 Å². The minimum absolute atomic E-state index is 0.0214. The number of benzene rings is 2. The monoisotopic (exact) mass is 438 g/mol. The van der Waals surface area contributed by atoms with E-state index >= 15 is 0 Å². The van der Waals surface area contributed by atoms with Crippen molar-refractivity contribution in [2.75, 3.05) is 13.6 Å². The predicted molar refractivity (Wildman–Crippen MR) is 113 cm³/mol. The molecular formula is C23H23BrN2O2. The van der Waals surface area contributed by atoms with Gasteiger partial charge in [-0.1, -0.05) is 63.6 Å². The number of carbonyl (C=O) groups is 1. The molecule has 0 spiro atoms. The average Bonchev–Trinajstić information content (AvgIpc) is 3.41. The molecule has 1 unspecified atom stereocenters. The number of amides is 1. The third kappa shape index (κ3) is 3.90. The normalized spacial score (nSPS) is 18.1. The number of halogens is 1. The molecule has 0 aliphatic heterocycles. The average molecular weight is 439 g/mol. The highest BCUT2D eigenvalue weighted by Crippen LogP contribution is 2.52. The van der Waals surface area contributed by atoms with E-state index in [0.29, 0.717) is 0 Å². The molecule has 1 fully saturated rings. The number of nitrogens with zero attached hydrogens (tertiary/aromatic N) is 2. The molecule has 0 N–H and O–H groups in total. The maximum atomic E-state index is 12.9. The number of hydrogen-bond acceptors (Lipinski definition) is 3. The molecule has 0 bridgehead atoms. The molecule has 3 aromatic rings. The quantitative estimate of drug-likeness (QED) is 0.529. The lowest BCUT2D eigenvalue weighted by Gasteiger charge is -2.17. The Morgan fingerprint density at radius 2 is 1.89 bits per heavy atom. The molecule has 4 nitrogen and oxygen atoms in total. The van der Waals surface area contributed by atoms with Gasteiger partial charge in [0.15, 0.2) is 5.76 Å². The van der Waals surface area contributed by atoms with Gasteiger partial charge in [0.2, 0.25) is 5.91 Å². The Morgan fingerprint density at radius 1 is 1.18 bits per heavy atom. The molecule has 1 aliphatic rings. The fourth-order valence-electron chi connectivity index (χ4n) is 3.74. The molecule has 4 rings (SSSR count). The van der Waals surface area contributed by atoms with E-state index in [4.69, 9.17) is 4.52 Å². The van der Waals surface area contributed by atoms with Crippen LogP contribution in [-0.4, -0.2) is 29.6 Å². The summed E-state index contributed by atoms with van der Waals surface area (Å²) in [5.41, 5.74) is 4.21. The van der Waals surface area contributed by atoms with Gasteiger partial charge >= 0.3 is 0 Å². The van der Waals surface area contributed by atoms with Crippen molar-refractivity contribution in [2.24, 2.45) is 5.92 Å². The zero-order valence-corrected chi connectivity index (χ0v) is 17.6. The van der Waals surface area contributed by atoms with Crippen LogP contribution in [0.15, 0.2) is 63.6 Å². The SMILES string of the molecule is Cc1noc(-c2ccc(Br)cc2)c1C1C[C@H]1C(=O)N(C)CCc1ccccc1. The summed E-state index contributed by atoms with van der Waals surface area (Å²) in [4.78, 5) is 14.8. The van der Waals surface area contributed by atoms with Gasteiger partial charge in [0.25, 0.3) is 0 Å². The molecule has 1 aliphatic carbocycles. The lowest BCUT2D eigenvalue weighted by molar-refractivity contribution is -0.131. The number of likely N-dealkylation sites (N-methyl/N-ethyl adjacent to an activating group) is 1. The van der Waals surface area contributed by atoms with Gasteiger partial charge in [-0.25, -0.2) is 0 Å². The van der Waals surface area contributed by atoms with Crippen LogP contribution in [0.3, 0.4) is 0 Å². The van der Waals surface area contributed by atoms with Crippen LogP contribution >= 0.6 is 15.9 Å². The van der Waals surface area contributed by atoms with Crippen LogP contribution in [0.4, 0.5) is 0 Å². The van der Waals surface area contributed by atoms with Crippen LogP contribution in [0.1, 0.15) is 29.2 Å². The molecule has 1 saturated carbocycles. The van der Waals surface area contributed by atoms with Gasteiger partial charge < -0.3 is 9.42 Å². The van der Waals surface area contributed by atoms with Crippen molar-refractivity contribution in [1.29, 1.82) is 0 Å². The summed E-state index contributed by atoms with van der Waals surface area (Å²) in [5, 5.41) is 4.18. The number of carbonyl (C=O) groups excluding carboxylic acids is 1. The molecule has 144 valence electrons. The zero-order chi connectivity index (χ0) is 19.7. The second-order valence-corrected chi connectivity index (χ2v) is 8.38. The predicted octanol–water partition coefficient (Wildman–Crippen LogP) is 5.22. The fraction of sp³-hybridized carbons (Fsp3) is 0.304. The Hall–Kier alpha value is -2.40. The molecule has 0 radical (unpaired) electrons. The van der Waals surface area contributed by atoms with Crippen LogP contribution in [0.25, 0.3) is 11.3 Å². The minimum atomic E-state index is 0.0214. The van der Waals surface area contributed by atoms with E-state index in [9.17, 15) is 4.79 Å². The van der Waals surface area contributed by atoms with Gasteiger partial charge in [0.1, 0.15) is 0 Å². The minimum Gasteiger partial charge on any atom is -0.356 e. The Balaban J connectivity index is 1.44. The third-order valence-electron chi connectivity index (χ3n) is 5.45. The van der Waals surface area contributed by atoms with Gasteiger partial charge in [-0.2, -0.15) is 0 Å². The first-order valence-corrected chi connectivity index (χ1v) is 10.3. The second-order valence-electron chi connectivity index (χ2n) is 7.46. The lowest BCUT2D eigenvalue weighted by atomic mass is 10.0. The lowest BCUT2D eigenvalue weighted by Crippen LogP contribution is -2.30. The largest absolute Gasteiger partial charge is 0.356 e. The molecular weight excluding hydrogens is 416 g/mol. The Labute approximate surface area is 173 Å². The Bertz CT molecular complexity index is 966. The van der Waals surface area contributed by atoms with Crippen LogP contribution in [0.5, 0.6) is 0 Å². The third-order valence-corrected chi connectivity index (χ3v) is 5.98. The Kier molecular flexibility index (Phi) is 5.36. The van der Waals surface area contributed by atoms with Crippen molar-refractivity contribution < 1.29 is 9.32 Å². The number of aromatic nitrogens is 1. The maximum Gasteiger partial charge on any atom is 0.226 e. The van der Waals surface area contributed by atoms with Crippen LogP contribution in [-0.2, 0) is 11.2 Å². The maximum absolute atomic E-state index is 12.9. The number of hydrogen-bond donors (Lipinski definition) is 0. The highest BCUT2D eigenvalue weighted by Gasteiger charge is 2.48. The first-order valence-electron chi connectivity index (χ1n) is 9.55.